The lowest BCUT2D eigenvalue weighted by molar-refractivity contribution is -0.116. The number of nitrogens with zero attached hydrogens (tertiary/aromatic N) is 4. The summed E-state index contributed by atoms with van der Waals surface area (Å²) in [5.74, 6) is -0.336. The van der Waals surface area contributed by atoms with Crippen molar-refractivity contribution in [3.05, 3.63) is 41.2 Å². The number of anilines is 1. The molecule has 1 aromatic heterocycles. The molecule has 27 heavy (non-hydrogen) atoms. The van der Waals surface area contributed by atoms with E-state index in [0.29, 0.717) is 35.7 Å². The summed E-state index contributed by atoms with van der Waals surface area (Å²) in [4.78, 5) is 12.5. The Kier molecular flexibility index (Phi) is 6.36. The van der Waals surface area contributed by atoms with Crippen LogP contribution >= 0.6 is 0 Å². The first-order valence-electron chi connectivity index (χ1n) is 8.58. The highest BCUT2D eigenvalue weighted by atomic mass is 32.2. The third-order valence-electron chi connectivity index (χ3n) is 4.21. The number of carbonyl (C=O) groups excluding carboxylic acids is 1. The van der Waals surface area contributed by atoms with Gasteiger partial charge in [-0.15, -0.1) is 0 Å². The standard InChI is InChI=1S/C18H23N5O3S/c1-5-22(6-2)27(25,26)18-13(3)21-23(14(18)4)12-17(24)20-16-9-7-15(11-19)8-10-16/h7-10H,5-6,12H2,1-4H3,(H,20,24). The Morgan fingerprint density at radius 1 is 1.22 bits per heavy atom. The van der Waals surface area contributed by atoms with Gasteiger partial charge in [0.05, 0.1) is 23.0 Å². The van der Waals surface area contributed by atoms with Crippen LogP contribution in [-0.4, -0.2) is 41.5 Å². The Labute approximate surface area is 159 Å². The highest BCUT2D eigenvalue weighted by Crippen LogP contribution is 2.23. The fourth-order valence-corrected chi connectivity index (χ4v) is 4.70. The SMILES string of the molecule is CCN(CC)S(=O)(=O)c1c(C)nn(CC(=O)Nc2ccc(C#N)cc2)c1C. The molecule has 0 bridgehead atoms. The zero-order valence-corrected chi connectivity index (χ0v) is 16.7. The quantitative estimate of drug-likeness (QED) is 0.779. The van der Waals surface area contributed by atoms with E-state index < -0.39 is 10.0 Å². The van der Waals surface area contributed by atoms with Crippen LogP contribution in [0.2, 0.25) is 0 Å². The van der Waals surface area contributed by atoms with Crippen molar-refractivity contribution in [1.82, 2.24) is 14.1 Å². The van der Waals surface area contributed by atoms with E-state index >= 15 is 0 Å². The fourth-order valence-electron chi connectivity index (χ4n) is 2.87. The predicted octanol–water partition coefficient (Wildman–Crippen LogP) is 2.04. The summed E-state index contributed by atoms with van der Waals surface area (Å²) in [6.07, 6.45) is 0. The molecule has 0 radical (unpaired) electrons. The molecular weight excluding hydrogens is 366 g/mol. The molecule has 144 valence electrons. The van der Waals surface area contributed by atoms with Gasteiger partial charge < -0.3 is 5.32 Å². The van der Waals surface area contributed by atoms with Crippen LogP contribution in [0.5, 0.6) is 0 Å². The normalized spacial score (nSPS) is 11.4. The van der Waals surface area contributed by atoms with Gasteiger partial charge in [-0.25, -0.2) is 8.42 Å². The van der Waals surface area contributed by atoms with Crippen LogP contribution in [-0.2, 0) is 21.4 Å². The number of hydrogen-bond acceptors (Lipinski definition) is 5. The number of rotatable bonds is 7. The molecule has 1 heterocycles. The van der Waals surface area contributed by atoms with Gasteiger partial charge in [0.2, 0.25) is 15.9 Å². The zero-order chi connectivity index (χ0) is 20.2. The van der Waals surface area contributed by atoms with Crippen molar-refractivity contribution in [2.24, 2.45) is 0 Å². The molecule has 0 saturated carbocycles. The molecule has 9 heteroatoms. The molecule has 0 saturated heterocycles. The molecule has 0 atom stereocenters. The van der Waals surface area contributed by atoms with Gasteiger partial charge in [-0.1, -0.05) is 13.8 Å². The Morgan fingerprint density at radius 3 is 2.33 bits per heavy atom. The molecule has 1 aromatic carbocycles. The predicted molar refractivity (Wildman–Crippen MR) is 102 cm³/mol. The minimum atomic E-state index is -3.66. The number of sulfonamides is 1. The molecule has 0 aliphatic carbocycles. The number of aromatic nitrogens is 2. The zero-order valence-electron chi connectivity index (χ0n) is 15.9. The van der Waals surface area contributed by atoms with Gasteiger partial charge in [0.1, 0.15) is 11.4 Å². The molecule has 0 fully saturated rings. The third kappa shape index (κ3) is 4.35. The monoisotopic (exact) mass is 389 g/mol. The number of carbonyl (C=O) groups is 1. The van der Waals surface area contributed by atoms with E-state index in [4.69, 9.17) is 5.26 Å². The van der Waals surface area contributed by atoms with Crippen LogP contribution in [0.4, 0.5) is 5.69 Å². The van der Waals surface area contributed by atoms with Gasteiger partial charge in [-0.05, 0) is 38.1 Å². The Morgan fingerprint density at radius 2 is 1.81 bits per heavy atom. The Bertz CT molecular complexity index is 968. The summed E-state index contributed by atoms with van der Waals surface area (Å²) in [7, 11) is -3.66. The van der Waals surface area contributed by atoms with Crippen LogP contribution in [0, 0.1) is 25.2 Å². The molecule has 8 nitrogen and oxygen atoms in total. The fraction of sp³-hybridized carbons (Fsp3) is 0.389. The maximum Gasteiger partial charge on any atom is 0.246 e. The minimum absolute atomic E-state index is 0.111. The van der Waals surface area contributed by atoms with E-state index in [-0.39, 0.29) is 17.3 Å². The lowest BCUT2D eigenvalue weighted by Crippen LogP contribution is -2.31. The van der Waals surface area contributed by atoms with E-state index in [1.54, 1.807) is 52.0 Å². The van der Waals surface area contributed by atoms with E-state index in [0.717, 1.165) is 0 Å². The number of benzene rings is 1. The van der Waals surface area contributed by atoms with Crippen molar-refractivity contribution < 1.29 is 13.2 Å². The summed E-state index contributed by atoms with van der Waals surface area (Å²) in [6, 6.07) is 8.48. The van der Waals surface area contributed by atoms with Gasteiger partial charge in [-0.2, -0.15) is 14.7 Å². The summed E-state index contributed by atoms with van der Waals surface area (Å²) in [5, 5.41) is 15.8. The molecule has 1 N–H and O–H groups in total. The summed E-state index contributed by atoms with van der Waals surface area (Å²) in [5.41, 5.74) is 1.84. The van der Waals surface area contributed by atoms with Crippen molar-refractivity contribution in [3.63, 3.8) is 0 Å². The van der Waals surface area contributed by atoms with Gasteiger partial charge in [0, 0.05) is 18.8 Å². The van der Waals surface area contributed by atoms with E-state index in [1.807, 2.05) is 6.07 Å². The molecule has 0 spiro atoms. The second-order valence-corrected chi connectivity index (χ2v) is 7.86. The number of hydrogen-bond donors (Lipinski definition) is 1. The van der Waals surface area contributed by atoms with E-state index in [9.17, 15) is 13.2 Å². The minimum Gasteiger partial charge on any atom is -0.324 e. The van der Waals surface area contributed by atoms with Crippen molar-refractivity contribution in [3.8, 4) is 6.07 Å². The number of amides is 1. The first-order chi connectivity index (χ1) is 12.7. The topological polar surface area (TPSA) is 108 Å². The second-order valence-electron chi connectivity index (χ2n) is 5.98. The smallest absolute Gasteiger partial charge is 0.246 e. The molecule has 0 unspecified atom stereocenters. The van der Waals surface area contributed by atoms with Gasteiger partial charge >= 0.3 is 0 Å². The molecule has 2 aromatic rings. The van der Waals surface area contributed by atoms with Gasteiger partial charge in [0.25, 0.3) is 0 Å². The van der Waals surface area contributed by atoms with Crippen LogP contribution < -0.4 is 5.32 Å². The summed E-state index contributed by atoms with van der Waals surface area (Å²) < 4.78 is 28.4. The Hall–Kier alpha value is -2.70. The van der Waals surface area contributed by atoms with Gasteiger partial charge in [0.15, 0.2) is 0 Å². The molecule has 0 aliphatic heterocycles. The Balaban J connectivity index is 2.23. The van der Waals surface area contributed by atoms with E-state index in [1.165, 1.54) is 8.99 Å². The van der Waals surface area contributed by atoms with Crippen LogP contribution in [0.1, 0.15) is 30.8 Å². The maximum absolute atomic E-state index is 12.8. The number of aryl methyl sites for hydroxylation is 1. The molecule has 2 rings (SSSR count). The largest absolute Gasteiger partial charge is 0.324 e. The maximum atomic E-state index is 12.8. The summed E-state index contributed by atoms with van der Waals surface area (Å²) in [6.45, 7) is 7.44. The molecular formula is C18H23N5O3S. The highest BCUT2D eigenvalue weighted by Gasteiger charge is 2.29. The average molecular weight is 389 g/mol. The lowest BCUT2D eigenvalue weighted by Gasteiger charge is -2.18. The molecule has 1 amide bonds. The van der Waals surface area contributed by atoms with Crippen molar-refractivity contribution >= 4 is 21.6 Å². The lowest BCUT2D eigenvalue weighted by atomic mass is 10.2. The van der Waals surface area contributed by atoms with Crippen molar-refractivity contribution in [2.75, 3.05) is 18.4 Å². The van der Waals surface area contributed by atoms with Crippen LogP contribution in [0.15, 0.2) is 29.2 Å². The third-order valence-corrected chi connectivity index (χ3v) is 6.51. The van der Waals surface area contributed by atoms with Crippen LogP contribution in [0.3, 0.4) is 0 Å². The highest BCUT2D eigenvalue weighted by molar-refractivity contribution is 7.89. The average Bonchev–Trinajstić information content (AvgIpc) is 2.90. The first-order valence-corrected chi connectivity index (χ1v) is 10.0. The van der Waals surface area contributed by atoms with Crippen LogP contribution in [0.25, 0.3) is 0 Å². The number of nitriles is 1. The van der Waals surface area contributed by atoms with E-state index in [2.05, 4.69) is 10.4 Å². The number of nitrogens with one attached hydrogen (secondary N) is 1. The first kappa shape index (κ1) is 20.6. The molecule has 0 aliphatic rings. The summed E-state index contributed by atoms with van der Waals surface area (Å²) >= 11 is 0. The van der Waals surface area contributed by atoms with Gasteiger partial charge in [-0.3, -0.25) is 9.48 Å². The van der Waals surface area contributed by atoms with Crippen molar-refractivity contribution in [2.45, 2.75) is 39.1 Å². The second kappa shape index (κ2) is 8.33. The van der Waals surface area contributed by atoms with Crippen molar-refractivity contribution in [1.29, 1.82) is 5.26 Å².